The largest absolute Gasteiger partial charge is 0.341 e. The molecule has 2 aliphatic rings. The number of carbonyl (C=O) groups is 2. The maximum absolute atomic E-state index is 12.9. The van der Waals surface area contributed by atoms with E-state index in [2.05, 4.69) is 17.0 Å². The lowest BCUT2D eigenvalue weighted by Crippen LogP contribution is -2.47. The number of nitrogens with one attached hydrogen (secondary N) is 2. The van der Waals surface area contributed by atoms with Crippen LogP contribution in [0.2, 0.25) is 0 Å². The maximum atomic E-state index is 12.9. The van der Waals surface area contributed by atoms with E-state index in [1.54, 1.807) is 11.0 Å². The van der Waals surface area contributed by atoms with Gasteiger partial charge in [0, 0.05) is 24.5 Å². The third kappa shape index (κ3) is 5.77. The molecule has 1 atom stereocenters. The quantitative estimate of drug-likeness (QED) is 0.462. The van der Waals surface area contributed by atoms with Gasteiger partial charge in [0.2, 0.25) is 21.8 Å². The second-order valence-electron chi connectivity index (χ2n) is 8.64. The van der Waals surface area contributed by atoms with E-state index >= 15 is 0 Å². The molecule has 2 amide bonds. The first-order valence-corrected chi connectivity index (χ1v) is 13.6. The van der Waals surface area contributed by atoms with E-state index in [0.29, 0.717) is 42.6 Å². The lowest BCUT2D eigenvalue weighted by atomic mass is 9.99. The molecule has 4 rings (SSSR count). The van der Waals surface area contributed by atoms with Gasteiger partial charge in [-0.05, 0) is 55.4 Å². The predicted molar refractivity (Wildman–Crippen MR) is 130 cm³/mol. The van der Waals surface area contributed by atoms with Crippen LogP contribution in [0.15, 0.2) is 58.3 Å². The number of fused-ring (bicyclic) bond motifs is 1. The topological polar surface area (TPSA) is 95.6 Å². The minimum absolute atomic E-state index is 0.0941. The second kappa shape index (κ2) is 10.3. The Bertz CT molecular complexity index is 1110. The van der Waals surface area contributed by atoms with Crippen molar-refractivity contribution in [1.29, 1.82) is 0 Å². The molecule has 0 bridgehead atoms. The summed E-state index contributed by atoms with van der Waals surface area (Å²) in [4.78, 5) is 28.1. The summed E-state index contributed by atoms with van der Waals surface area (Å²) in [5, 5.41) is 1.90. The number of thioether (sulfide) groups is 1. The van der Waals surface area contributed by atoms with E-state index in [-0.39, 0.29) is 10.8 Å². The van der Waals surface area contributed by atoms with Crippen molar-refractivity contribution in [3.63, 3.8) is 0 Å². The van der Waals surface area contributed by atoms with Gasteiger partial charge in [-0.2, -0.15) is 0 Å². The second-order valence-corrected chi connectivity index (χ2v) is 11.6. The van der Waals surface area contributed by atoms with E-state index in [0.717, 1.165) is 24.8 Å². The van der Waals surface area contributed by atoms with Gasteiger partial charge in [0.15, 0.2) is 5.25 Å². The lowest BCUT2D eigenvalue weighted by molar-refractivity contribution is -0.135. The molecular weight excluding hydrogens is 458 g/mol. The number of amides is 2. The fourth-order valence-electron chi connectivity index (χ4n) is 4.04. The molecule has 0 saturated carbocycles. The van der Waals surface area contributed by atoms with Gasteiger partial charge < -0.3 is 10.2 Å². The van der Waals surface area contributed by atoms with E-state index in [4.69, 9.17) is 0 Å². The number of sulfonamides is 1. The number of piperidine rings is 1. The van der Waals surface area contributed by atoms with Gasteiger partial charge in [-0.15, -0.1) is 11.8 Å². The zero-order valence-electron chi connectivity index (χ0n) is 18.6. The fraction of sp³-hybridized carbons (Fsp3) is 0.417. The number of aryl methyl sites for hydroxylation is 1. The highest BCUT2D eigenvalue weighted by molar-refractivity contribution is 8.01. The first kappa shape index (κ1) is 23.8. The number of carbonyl (C=O) groups excluding carboxylic acids is 2. The Kier molecular flexibility index (Phi) is 7.41. The highest BCUT2D eigenvalue weighted by Gasteiger charge is 2.37. The van der Waals surface area contributed by atoms with Gasteiger partial charge in [0.25, 0.3) is 0 Å². The van der Waals surface area contributed by atoms with Crippen LogP contribution in [0.25, 0.3) is 0 Å². The lowest BCUT2D eigenvalue weighted by Gasteiger charge is -2.33. The summed E-state index contributed by atoms with van der Waals surface area (Å²) < 4.78 is 28.1. The Hall–Kier alpha value is -2.36. The average Bonchev–Trinajstić information content (AvgIpc) is 2.82. The Morgan fingerprint density at radius 1 is 1.15 bits per heavy atom. The fourth-order valence-corrected chi connectivity index (χ4v) is 6.19. The molecule has 2 N–H and O–H groups in total. The van der Waals surface area contributed by atoms with Gasteiger partial charge in [0.05, 0.1) is 10.6 Å². The maximum Gasteiger partial charge on any atom is 0.247 e. The van der Waals surface area contributed by atoms with Crippen molar-refractivity contribution in [2.24, 2.45) is 5.92 Å². The standard InChI is InChI=1S/C24H29N3O4S2/c1-17-11-14-27(15-12-17)24(29)22-23(28)26-20-16-19(9-10-21(20)32-22)33(30,31)25-13-5-8-18-6-3-2-4-7-18/h2-4,6-7,9-10,16-17,22,25H,5,8,11-15H2,1H3,(H,26,28). The van der Waals surface area contributed by atoms with E-state index in [9.17, 15) is 18.0 Å². The predicted octanol–water partition coefficient (Wildman–Crippen LogP) is 3.27. The van der Waals surface area contributed by atoms with Crippen molar-refractivity contribution < 1.29 is 18.0 Å². The molecule has 9 heteroatoms. The van der Waals surface area contributed by atoms with Crippen LogP contribution in [0.4, 0.5) is 5.69 Å². The molecule has 0 aliphatic carbocycles. The van der Waals surface area contributed by atoms with Crippen LogP contribution in [-0.4, -0.2) is 50.0 Å². The van der Waals surface area contributed by atoms with Crippen LogP contribution >= 0.6 is 11.8 Å². The molecule has 0 aromatic heterocycles. The van der Waals surface area contributed by atoms with Crippen LogP contribution in [0.3, 0.4) is 0 Å². The summed E-state index contributed by atoms with van der Waals surface area (Å²) >= 11 is 1.19. The Morgan fingerprint density at radius 2 is 1.88 bits per heavy atom. The third-order valence-electron chi connectivity index (χ3n) is 6.10. The molecule has 0 spiro atoms. The first-order valence-electron chi connectivity index (χ1n) is 11.3. The molecule has 2 aliphatic heterocycles. The highest BCUT2D eigenvalue weighted by atomic mass is 32.2. The summed E-state index contributed by atoms with van der Waals surface area (Å²) in [5.74, 6) is 0.0169. The van der Waals surface area contributed by atoms with Crippen molar-refractivity contribution in [1.82, 2.24) is 9.62 Å². The Labute approximate surface area is 199 Å². The monoisotopic (exact) mass is 487 g/mol. The number of likely N-dealkylation sites (tertiary alicyclic amines) is 1. The number of rotatable bonds is 7. The van der Waals surface area contributed by atoms with Crippen LogP contribution in [0.1, 0.15) is 31.7 Å². The molecular formula is C24H29N3O4S2. The molecule has 33 heavy (non-hydrogen) atoms. The van der Waals surface area contributed by atoms with E-state index < -0.39 is 21.2 Å². The molecule has 2 aromatic rings. The van der Waals surface area contributed by atoms with Gasteiger partial charge in [-0.3, -0.25) is 9.59 Å². The zero-order chi connectivity index (χ0) is 23.4. The molecule has 7 nitrogen and oxygen atoms in total. The number of benzene rings is 2. The van der Waals surface area contributed by atoms with Crippen LogP contribution in [-0.2, 0) is 26.0 Å². The average molecular weight is 488 g/mol. The smallest absolute Gasteiger partial charge is 0.247 e. The van der Waals surface area contributed by atoms with Crippen LogP contribution in [0, 0.1) is 5.92 Å². The molecule has 2 heterocycles. The first-order chi connectivity index (χ1) is 15.8. The van der Waals surface area contributed by atoms with Gasteiger partial charge in [-0.25, -0.2) is 13.1 Å². The molecule has 1 fully saturated rings. The number of hydrogen-bond acceptors (Lipinski definition) is 5. The number of hydrogen-bond donors (Lipinski definition) is 2. The zero-order valence-corrected chi connectivity index (χ0v) is 20.3. The summed E-state index contributed by atoms with van der Waals surface area (Å²) in [6.07, 6.45) is 3.35. The van der Waals surface area contributed by atoms with E-state index in [1.807, 2.05) is 30.3 Å². The summed E-state index contributed by atoms with van der Waals surface area (Å²) in [5.41, 5.74) is 1.59. The summed E-state index contributed by atoms with van der Waals surface area (Å²) in [6.45, 7) is 3.83. The minimum atomic E-state index is -3.70. The summed E-state index contributed by atoms with van der Waals surface area (Å²) in [6, 6.07) is 14.6. The highest BCUT2D eigenvalue weighted by Crippen LogP contribution is 2.38. The third-order valence-corrected chi connectivity index (χ3v) is 8.82. The molecule has 176 valence electrons. The van der Waals surface area contributed by atoms with Gasteiger partial charge in [0.1, 0.15) is 0 Å². The molecule has 0 radical (unpaired) electrons. The van der Waals surface area contributed by atoms with Gasteiger partial charge >= 0.3 is 0 Å². The van der Waals surface area contributed by atoms with E-state index in [1.165, 1.54) is 23.9 Å². The van der Waals surface area contributed by atoms with Crippen molar-refractivity contribution in [2.45, 2.75) is 47.6 Å². The van der Waals surface area contributed by atoms with Crippen molar-refractivity contribution >= 4 is 39.3 Å². The van der Waals surface area contributed by atoms with Crippen LogP contribution < -0.4 is 10.0 Å². The molecule has 2 aromatic carbocycles. The number of nitrogens with zero attached hydrogens (tertiary/aromatic N) is 1. The van der Waals surface area contributed by atoms with Crippen molar-refractivity contribution in [3.8, 4) is 0 Å². The van der Waals surface area contributed by atoms with Crippen molar-refractivity contribution in [2.75, 3.05) is 25.0 Å². The SMILES string of the molecule is CC1CCN(C(=O)C2Sc3ccc(S(=O)(=O)NCCCc4ccccc4)cc3NC2=O)CC1. The van der Waals surface area contributed by atoms with Crippen molar-refractivity contribution in [3.05, 3.63) is 54.1 Å². The molecule has 1 unspecified atom stereocenters. The van der Waals surface area contributed by atoms with Crippen LogP contribution in [0.5, 0.6) is 0 Å². The molecule has 1 saturated heterocycles. The Morgan fingerprint density at radius 3 is 2.61 bits per heavy atom. The summed E-state index contributed by atoms with van der Waals surface area (Å²) in [7, 11) is -3.70. The normalized spacial score (nSPS) is 19.1. The number of anilines is 1. The Balaban J connectivity index is 1.37. The van der Waals surface area contributed by atoms with Gasteiger partial charge in [-0.1, -0.05) is 37.3 Å². The minimum Gasteiger partial charge on any atom is -0.341 e.